The predicted molar refractivity (Wildman–Crippen MR) is 320 cm³/mol. The number of amides is 10. The number of unbranched alkanes of at least 4 members (excludes halogenated alkanes) is 1. The molecule has 0 aromatic carbocycles. The molecule has 0 unspecified atom stereocenters. The Hall–Kier alpha value is -7.96. The number of hydrogen-bond acceptors (Lipinski definition) is 16. The van der Waals surface area contributed by atoms with Crippen molar-refractivity contribution in [1.82, 2.24) is 62.7 Å². The van der Waals surface area contributed by atoms with Gasteiger partial charge in [-0.1, -0.05) is 55.4 Å². The zero-order chi connectivity index (χ0) is 65.7. The Bertz CT molecular complexity index is 2490. The minimum Gasteiger partial charge on any atom is -0.481 e. The molecule has 20 N–H and O–H groups in total. The van der Waals surface area contributed by atoms with E-state index in [-0.39, 0.29) is 88.3 Å². The van der Waals surface area contributed by atoms with Gasteiger partial charge in [-0.2, -0.15) is 0 Å². The number of aliphatic carboxylic acids is 2. The summed E-state index contributed by atoms with van der Waals surface area (Å²) in [5, 5.41) is 42.6. The average molecular weight is 1230 g/mol. The molecule has 490 valence electrons. The molecule has 10 amide bonds. The van der Waals surface area contributed by atoms with Gasteiger partial charge < -0.3 is 90.9 Å². The largest absolute Gasteiger partial charge is 0.481 e. The number of carboxylic acids is 2. The van der Waals surface area contributed by atoms with Gasteiger partial charge in [0.05, 0.1) is 18.9 Å². The molecule has 0 bridgehead atoms. The maximum absolute atomic E-state index is 14.4. The van der Waals surface area contributed by atoms with Crippen molar-refractivity contribution >= 4 is 77.0 Å². The maximum Gasteiger partial charge on any atom is 0.326 e. The van der Waals surface area contributed by atoms with Crippen molar-refractivity contribution in [2.45, 2.75) is 206 Å². The fourth-order valence-corrected chi connectivity index (χ4v) is 9.45. The summed E-state index contributed by atoms with van der Waals surface area (Å²) in [4.78, 5) is 173. The number of guanidine groups is 1. The third-order valence-electron chi connectivity index (χ3n) is 14.0. The van der Waals surface area contributed by atoms with Gasteiger partial charge in [-0.05, 0) is 108 Å². The maximum atomic E-state index is 14.4. The molecule has 1 aromatic rings. The topological polar surface area (TPSA) is 502 Å². The van der Waals surface area contributed by atoms with Gasteiger partial charge in [-0.25, -0.2) is 9.78 Å². The van der Waals surface area contributed by atoms with E-state index in [0.717, 1.165) is 0 Å². The minimum atomic E-state index is -1.55. The number of aromatic amines is 1. The number of nitrogens with one attached hydrogen (secondary N) is 10. The first-order valence-corrected chi connectivity index (χ1v) is 29.8. The monoisotopic (exact) mass is 1230 g/mol. The third-order valence-corrected chi connectivity index (χ3v) is 14.0. The highest BCUT2D eigenvalue weighted by atomic mass is 16.4. The van der Waals surface area contributed by atoms with Crippen LogP contribution in [0.15, 0.2) is 17.5 Å². The summed E-state index contributed by atoms with van der Waals surface area (Å²) in [6, 6.07) is -12.3. The first-order valence-electron chi connectivity index (χ1n) is 29.8. The summed E-state index contributed by atoms with van der Waals surface area (Å²) in [5.41, 5.74) is 22.9. The number of imidazole rings is 1. The van der Waals surface area contributed by atoms with E-state index in [9.17, 15) is 67.7 Å². The highest BCUT2D eigenvalue weighted by Crippen LogP contribution is 2.21. The SMILES string of the molecule is CC(C)C[C@H](NC(=O)[C@H](CCC(=O)O)NC(=O)CNC(=O)[C@@H]1CCCN1C(=O)[C@H](CC(C)C)NC(=O)[C@@H](NC(=O)[C@H](CC(C)C)NC(=O)[C@@H](N)CCCN=C(N)N)C(C)C)C(=O)N[C@@H](C)C(=O)N[C@@H](CCCCN)C(=O)N[C@@H](Cc1cnc[nH]1)C(=O)O. The molecule has 1 saturated heterocycles. The van der Waals surface area contributed by atoms with Crippen LogP contribution in [0.2, 0.25) is 0 Å². The van der Waals surface area contributed by atoms with E-state index in [4.69, 9.17) is 22.9 Å². The lowest BCUT2D eigenvalue weighted by molar-refractivity contribution is -0.142. The fourth-order valence-electron chi connectivity index (χ4n) is 9.45. The molecule has 31 nitrogen and oxygen atoms in total. The molecular weight excluding hydrogens is 1130 g/mol. The van der Waals surface area contributed by atoms with Crippen molar-refractivity contribution in [1.29, 1.82) is 0 Å². The van der Waals surface area contributed by atoms with E-state index in [2.05, 4.69) is 62.8 Å². The second kappa shape index (κ2) is 38.3. The van der Waals surface area contributed by atoms with Gasteiger partial charge in [0.1, 0.15) is 54.4 Å². The van der Waals surface area contributed by atoms with Gasteiger partial charge in [0.25, 0.3) is 0 Å². The van der Waals surface area contributed by atoms with Crippen LogP contribution in [0.5, 0.6) is 0 Å². The Kier molecular flexibility index (Phi) is 33.0. The summed E-state index contributed by atoms with van der Waals surface area (Å²) in [7, 11) is 0. The van der Waals surface area contributed by atoms with E-state index < -0.39 is 157 Å². The molecular formula is C56H97N17O14. The first kappa shape index (κ1) is 75.1. The standard InChI is InChI=1S/C56H97N17O14/c1-29(2)22-38(50(81)65-33(9)46(77)67-36(15-10-11-19-57)48(79)71-41(55(86)87)25-34-26-61-28-64-34)69-49(80)37(17-18-44(75)76)66-43(74)27-63-52(83)42-16-13-21-73(42)54(85)40(24-31(5)6)70-53(84)45(32(7)8)72-51(82)39(23-30(3)4)68-47(78)35(58)14-12-20-62-56(59)60/h26,28-33,35-42,45H,10-25,27,57-58H2,1-9H3,(H,61,64)(H,63,83)(H,65,81)(H,66,74)(H,67,77)(H,68,78)(H,69,80)(H,70,84)(H,71,79)(H,72,82)(H,75,76)(H,86,87)(H4,59,60,62)/t33-,35-,36-,37-,38-,39-,40-,41-,42-,45-/m0/s1. The smallest absolute Gasteiger partial charge is 0.326 e. The van der Waals surface area contributed by atoms with E-state index in [0.29, 0.717) is 31.4 Å². The van der Waals surface area contributed by atoms with Crippen LogP contribution < -0.4 is 70.8 Å². The van der Waals surface area contributed by atoms with Crippen LogP contribution in [-0.2, 0) is 64.0 Å². The van der Waals surface area contributed by atoms with Gasteiger partial charge >= 0.3 is 11.9 Å². The quantitative estimate of drug-likeness (QED) is 0.0179. The fraction of sp³-hybridized carbons (Fsp3) is 0.714. The van der Waals surface area contributed by atoms with Crippen molar-refractivity contribution in [3.8, 4) is 0 Å². The molecule has 0 aliphatic carbocycles. The second-order valence-corrected chi connectivity index (χ2v) is 23.6. The van der Waals surface area contributed by atoms with Gasteiger partial charge in [-0.3, -0.25) is 57.7 Å². The number of aromatic nitrogens is 2. The molecule has 10 atom stereocenters. The van der Waals surface area contributed by atoms with Crippen LogP contribution in [0.1, 0.15) is 145 Å². The lowest BCUT2D eigenvalue weighted by Crippen LogP contribution is -2.60. The number of carbonyl (C=O) groups is 12. The Morgan fingerprint density at radius 2 is 1.18 bits per heavy atom. The van der Waals surface area contributed by atoms with Gasteiger partial charge in [-0.15, -0.1) is 0 Å². The molecule has 2 heterocycles. The number of aliphatic imine (C=N–C) groups is 1. The predicted octanol–water partition coefficient (Wildman–Crippen LogP) is -2.79. The zero-order valence-corrected chi connectivity index (χ0v) is 51.7. The molecule has 1 aliphatic heterocycles. The van der Waals surface area contributed by atoms with Crippen LogP contribution in [-0.4, -0.2) is 189 Å². The molecule has 1 aromatic heterocycles. The van der Waals surface area contributed by atoms with Gasteiger partial charge in [0.2, 0.25) is 59.1 Å². The van der Waals surface area contributed by atoms with Crippen molar-refractivity contribution in [3.63, 3.8) is 0 Å². The van der Waals surface area contributed by atoms with Crippen LogP contribution >= 0.6 is 0 Å². The molecule has 2 rings (SSSR count). The lowest BCUT2D eigenvalue weighted by atomic mass is 9.98. The number of likely N-dealkylation sites (tertiary alicyclic amines) is 1. The number of H-pyrrole nitrogens is 1. The van der Waals surface area contributed by atoms with E-state index >= 15 is 0 Å². The van der Waals surface area contributed by atoms with Crippen LogP contribution in [0, 0.1) is 23.7 Å². The highest BCUT2D eigenvalue weighted by molar-refractivity contribution is 5.98. The van der Waals surface area contributed by atoms with Gasteiger partial charge in [0.15, 0.2) is 5.96 Å². The number of carboxylic acid groups (broad SMARTS) is 2. The first-order chi connectivity index (χ1) is 40.8. The Morgan fingerprint density at radius 3 is 1.72 bits per heavy atom. The van der Waals surface area contributed by atoms with Crippen LogP contribution in [0.4, 0.5) is 0 Å². The molecule has 1 aliphatic rings. The summed E-state index contributed by atoms with van der Waals surface area (Å²) < 4.78 is 0. The molecule has 1 fully saturated rings. The second-order valence-electron chi connectivity index (χ2n) is 23.6. The van der Waals surface area contributed by atoms with Crippen molar-refractivity contribution < 1.29 is 67.7 Å². The summed E-state index contributed by atoms with van der Waals surface area (Å²) in [6.07, 6.45) is 4.06. The van der Waals surface area contributed by atoms with E-state index in [1.807, 2.05) is 27.7 Å². The van der Waals surface area contributed by atoms with Gasteiger partial charge in [0, 0.05) is 37.8 Å². The number of nitrogens with two attached hydrogens (primary N) is 4. The number of hydrogen-bond donors (Lipinski definition) is 16. The molecule has 0 saturated carbocycles. The number of nitrogens with zero attached hydrogens (tertiary/aromatic N) is 3. The van der Waals surface area contributed by atoms with Crippen LogP contribution in [0.25, 0.3) is 0 Å². The van der Waals surface area contributed by atoms with Crippen molar-refractivity contribution in [2.24, 2.45) is 51.6 Å². The lowest BCUT2D eigenvalue weighted by Gasteiger charge is -2.31. The molecule has 0 radical (unpaired) electrons. The Balaban J connectivity index is 2.20. The highest BCUT2D eigenvalue weighted by Gasteiger charge is 2.40. The number of carbonyl (C=O) groups excluding carboxylic acids is 10. The summed E-state index contributed by atoms with van der Waals surface area (Å²) >= 11 is 0. The number of rotatable bonds is 40. The van der Waals surface area contributed by atoms with E-state index in [1.165, 1.54) is 24.3 Å². The van der Waals surface area contributed by atoms with Crippen molar-refractivity contribution in [2.75, 3.05) is 26.2 Å². The van der Waals surface area contributed by atoms with Crippen molar-refractivity contribution in [3.05, 3.63) is 18.2 Å². The molecule has 31 heteroatoms. The Morgan fingerprint density at radius 1 is 0.644 bits per heavy atom. The normalized spacial score (nSPS) is 16.2. The zero-order valence-electron chi connectivity index (χ0n) is 51.7. The van der Waals surface area contributed by atoms with Crippen LogP contribution in [0.3, 0.4) is 0 Å². The molecule has 0 spiro atoms. The molecule has 87 heavy (non-hydrogen) atoms. The summed E-state index contributed by atoms with van der Waals surface area (Å²) in [5.74, 6) is -11.3. The minimum absolute atomic E-state index is 0.00713. The third kappa shape index (κ3) is 28.0. The Labute approximate surface area is 508 Å². The summed E-state index contributed by atoms with van der Waals surface area (Å²) in [6.45, 7) is 15.5. The van der Waals surface area contributed by atoms with E-state index in [1.54, 1.807) is 27.7 Å². The average Bonchev–Trinajstić information content (AvgIpc) is 4.40.